The lowest BCUT2D eigenvalue weighted by Crippen LogP contribution is -2.16. The Hall–Kier alpha value is -1.52. The molecule has 0 aliphatic carbocycles. The zero-order chi connectivity index (χ0) is 18.8. The van der Waals surface area contributed by atoms with E-state index in [1.54, 1.807) is 13.2 Å². The summed E-state index contributed by atoms with van der Waals surface area (Å²) in [4.78, 5) is 11.9. The fraction of sp³-hybridized carbons (Fsp3) is 0.474. The van der Waals surface area contributed by atoms with E-state index in [2.05, 4.69) is 44.2 Å². The quantitative estimate of drug-likeness (QED) is 0.676. The number of hydrogen-bond acceptors (Lipinski definition) is 2. The molecule has 1 aromatic heterocycles. The van der Waals surface area contributed by atoms with Gasteiger partial charge in [-0.25, -0.2) is 0 Å². The third-order valence-corrected chi connectivity index (χ3v) is 4.38. The van der Waals surface area contributed by atoms with E-state index in [1.165, 1.54) is 4.68 Å². The zero-order valence-corrected chi connectivity index (χ0v) is 16.8. The minimum atomic E-state index is -0.850. The van der Waals surface area contributed by atoms with Crippen molar-refractivity contribution in [2.75, 3.05) is 5.32 Å². The molecule has 1 heterocycles. The molecule has 4 nitrogen and oxygen atoms in total. The maximum atomic E-state index is 12.7. The predicted molar refractivity (Wildman–Crippen MR) is 105 cm³/mol. The van der Waals surface area contributed by atoms with Crippen molar-refractivity contribution < 1.29 is 4.79 Å². The first-order valence-electron chi connectivity index (χ1n) is 8.30. The number of hydrogen-bond donors (Lipinski definition) is 1. The Kier molecular flexibility index (Phi) is 6.17. The van der Waals surface area contributed by atoms with E-state index in [4.69, 9.17) is 23.2 Å². The molecule has 0 spiro atoms. The molecule has 1 aromatic carbocycles. The van der Waals surface area contributed by atoms with Gasteiger partial charge in [0, 0.05) is 18.9 Å². The molecular weight excluding hydrogens is 357 g/mol. The highest BCUT2D eigenvalue weighted by molar-refractivity contribution is 6.44. The summed E-state index contributed by atoms with van der Waals surface area (Å²) in [6.45, 7) is 8.83. The fourth-order valence-electron chi connectivity index (χ4n) is 3.10. The maximum Gasteiger partial charge on any atom is 0.259 e. The third-order valence-electron chi connectivity index (χ3n) is 3.97. The average Bonchev–Trinajstić information content (AvgIpc) is 2.88. The van der Waals surface area contributed by atoms with Gasteiger partial charge in [0.25, 0.3) is 5.91 Å². The molecule has 0 fully saturated rings. The minimum Gasteiger partial charge on any atom is -0.322 e. The standard InChI is InChI=1S/C19H25Cl2N3O/c1-12(10-19(2,3)4)13-8-6-7-9-15(13)22-18(25)14-11-24(5)23-16(14)17(20)21/h6-9,11-12,17H,10H2,1-5H3,(H,22,25). The largest absolute Gasteiger partial charge is 0.322 e. The van der Waals surface area contributed by atoms with Crippen LogP contribution in [-0.2, 0) is 7.05 Å². The number of anilines is 1. The Morgan fingerprint density at radius 1 is 1.28 bits per heavy atom. The third kappa shape index (κ3) is 5.23. The van der Waals surface area contributed by atoms with Gasteiger partial charge in [-0.15, -0.1) is 0 Å². The van der Waals surface area contributed by atoms with Crippen molar-refractivity contribution >= 4 is 34.8 Å². The van der Waals surface area contributed by atoms with Crippen LogP contribution in [0.2, 0.25) is 0 Å². The van der Waals surface area contributed by atoms with Crippen molar-refractivity contribution in [1.82, 2.24) is 9.78 Å². The molecule has 1 amide bonds. The van der Waals surface area contributed by atoms with Crippen LogP contribution in [0.3, 0.4) is 0 Å². The Morgan fingerprint density at radius 3 is 2.52 bits per heavy atom. The van der Waals surface area contributed by atoms with Crippen molar-refractivity contribution in [2.45, 2.75) is 44.9 Å². The number of benzene rings is 1. The number of para-hydroxylation sites is 1. The molecule has 0 bridgehead atoms. The molecule has 136 valence electrons. The van der Waals surface area contributed by atoms with Crippen LogP contribution in [0.15, 0.2) is 30.5 Å². The van der Waals surface area contributed by atoms with E-state index in [1.807, 2.05) is 18.2 Å². The predicted octanol–water partition coefficient (Wildman–Crippen LogP) is 5.69. The summed E-state index contributed by atoms with van der Waals surface area (Å²) in [6.07, 6.45) is 2.65. The second kappa shape index (κ2) is 7.79. The molecule has 0 radical (unpaired) electrons. The molecule has 1 unspecified atom stereocenters. The molecule has 25 heavy (non-hydrogen) atoms. The molecule has 2 rings (SSSR count). The Bertz CT molecular complexity index is 747. The van der Waals surface area contributed by atoms with Crippen LogP contribution >= 0.6 is 23.2 Å². The van der Waals surface area contributed by atoms with Gasteiger partial charge < -0.3 is 5.32 Å². The van der Waals surface area contributed by atoms with Crippen molar-refractivity contribution in [3.63, 3.8) is 0 Å². The number of carbonyl (C=O) groups is 1. The number of nitrogens with one attached hydrogen (secondary N) is 1. The van der Waals surface area contributed by atoms with Gasteiger partial charge in [-0.3, -0.25) is 9.48 Å². The molecular formula is C19H25Cl2N3O. The number of alkyl halides is 2. The normalized spacial score (nSPS) is 13.1. The van der Waals surface area contributed by atoms with Crippen molar-refractivity contribution in [3.8, 4) is 0 Å². The average molecular weight is 382 g/mol. The summed E-state index contributed by atoms with van der Waals surface area (Å²) < 4.78 is 1.54. The SMILES string of the molecule is CC(CC(C)(C)C)c1ccccc1NC(=O)c1cn(C)nc1C(Cl)Cl. The highest BCUT2D eigenvalue weighted by atomic mass is 35.5. The van der Waals surface area contributed by atoms with E-state index in [-0.39, 0.29) is 11.3 Å². The lowest BCUT2D eigenvalue weighted by molar-refractivity contribution is 0.102. The fourth-order valence-corrected chi connectivity index (χ4v) is 3.42. The minimum absolute atomic E-state index is 0.206. The van der Waals surface area contributed by atoms with E-state index < -0.39 is 4.84 Å². The lowest BCUT2D eigenvalue weighted by atomic mass is 9.82. The van der Waals surface area contributed by atoms with Gasteiger partial charge >= 0.3 is 0 Å². The smallest absolute Gasteiger partial charge is 0.259 e. The van der Waals surface area contributed by atoms with Gasteiger partial charge in [-0.05, 0) is 29.4 Å². The first kappa shape index (κ1) is 19.8. The second-order valence-corrected chi connectivity index (χ2v) is 8.71. The highest BCUT2D eigenvalue weighted by Gasteiger charge is 2.23. The van der Waals surface area contributed by atoms with E-state index in [0.717, 1.165) is 17.7 Å². The van der Waals surface area contributed by atoms with Gasteiger partial charge in [0.1, 0.15) is 5.69 Å². The summed E-state index contributed by atoms with van der Waals surface area (Å²) >= 11 is 11.9. The first-order valence-corrected chi connectivity index (χ1v) is 9.17. The molecule has 1 atom stereocenters. The van der Waals surface area contributed by atoms with Gasteiger partial charge in [-0.1, -0.05) is 69.1 Å². The zero-order valence-electron chi connectivity index (χ0n) is 15.3. The van der Waals surface area contributed by atoms with Crippen LogP contribution in [0.4, 0.5) is 5.69 Å². The molecule has 2 aromatic rings. The molecule has 0 saturated carbocycles. The van der Waals surface area contributed by atoms with E-state index in [0.29, 0.717) is 17.2 Å². The van der Waals surface area contributed by atoms with Crippen molar-refractivity contribution in [3.05, 3.63) is 47.3 Å². The highest BCUT2D eigenvalue weighted by Crippen LogP contribution is 2.34. The lowest BCUT2D eigenvalue weighted by Gasteiger charge is -2.25. The number of amides is 1. The van der Waals surface area contributed by atoms with Gasteiger partial charge in [-0.2, -0.15) is 5.10 Å². The number of halogens is 2. The van der Waals surface area contributed by atoms with Gasteiger partial charge in [0.05, 0.1) is 5.56 Å². The van der Waals surface area contributed by atoms with Crippen LogP contribution in [0.5, 0.6) is 0 Å². The summed E-state index contributed by atoms with van der Waals surface area (Å²) in [5.41, 5.74) is 2.88. The Balaban J connectivity index is 2.28. The molecule has 0 saturated heterocycles. The number of carbonyl (C=O) groups excluding carboxylic acids is 1. The van der Waals surface area contributed by atoms with Crippen LogP contribution in [0.1, 0.15) is 66.5 Å². The molecule has 0 aliphatic rings. The van der Waals surface area contributed by atoms with Crippen molar-refractivity contribution in [1.29, 1.82) is 0 Å². The van der Waals surface area contributed by atoms with Crippen LogP contribution in [0.25, 0.3) is 0 Å². The first-order chi connectivity index (χ1) is 11.6. The number of rotatable bonds is 5. The van der Waals surface area contributed by atoms with Crippen molar-refractivity contribution in [2.24, 2.45) is 12.5 Å². The summed E-state index contributed by atoms with van der Waals surface area (Å²) in [7, 11) is 1.73. The molecule has 0 aliphatic heterocycles. The summed E-state index contributed by atoms with van der Waals surface area (Å²) in [5, 5.41) is 7.16. The summed E-state index contributed by atoms with van der Waals surface area (Å²) in [5.74, 6) is 0.0588. The van der Waals surface area contributed by atoms with Crippen LogP contribution < -0.4 is 5.32 Å². The van der Waals surface area contributed by atoms with E-state index >= 15 is 0 Å². The monoisotopic (exact) mass is 381 g/mol. The second-order valence-electron chi connectivity index (χ2n) is 7.61. The Labute approximate surface area is 159 Å². The number of nitrogens with zero attached hydrogens (tertiary/aromatic N) is 2. The van der Waals surface area contributed by atoms with Crippen LogP contribution in [0, 0.1) is 5.41 Å². The Morgan fingerprint density at radius 2 is 1.92 bits per heavy atom. The molecule has 6 heteroatoms. The van der Waals surface area contributed by atoms with E-state index in [9.17, 15) is 4.79 Å². The number of aromatic nitrogens is 2. The number of aryl methyl sites for hydroxylation is 1. The topological polar surface area (TPSA) is 46.9 Å². The van der Waals surface area contributed by atoms with Gasteiger partial charge in [0.15, 0.2) is 4.84 Å². The molecule has 1 N–H and O–H groups in total. The van der Waals surface area contributed by atoms with Gasteiger partial charge in [0.2, 0.25) is 0 Å². The summed E-state index contributed by atoms with van der Waals surface area (Å²) in [6, 6.07) is 7.88. The van der Waals surface area contributed by atoms with Crippen LogP contribution in [-0.4, -0.2) is 15.7 Å². The maximum absolute atomic E-state index is 12.7.